The number of carbonyl (C=O) groups excluding carboxylic acids is 1. The first-order chi connectivity index (χ1) is 24.6. The van der Waals surface area contributed by atoms with Gasteiger partial charge in [-0.2, -0.15) is 18.9 Å². The van der Waals surface area contributed by atoms with Gasteiger partial charge in [0.05, 0.1) is 21.9 Å². The Morgan fingerprint density at radius 2 is 1.46 bits per heavy atom. The number of rotatable bonds is 10. The standard InChI is InChI=1S/C30H26N6O11S5/c1-15(10-19-33(6-8-37)17-4-2-3-5-18(17)48-19)22-25(42)35(13-20(38)39)29(49-22)24-27(44)36(14-21(40)41)30(51-24)23-26(43)34(7-9-52(45,46)47)28(50-23)16(11-31)12-32/h8,10H,2-7,9,13-14H2,1H3,(H,38,39)(H,40,41)(H,45,46,47)/b19-10?,22-15+,29-24+,30-23+. The summed E-state index contributed by atoms with van der Waals surface area (Å²) in [5.74, 6) is -3.91. The van der Waals surface area contributed by atoms with Crippen molar-refractivity contribution in [2.45, 2.75) is 52.2 Å². The normalized spacial score (nSPS) is 17.1. The van der Waals surface area contributed by atoms with Gasteiger partial charge >= 0.3 is 11.9 Å². The highest BCUT2D eigenvalue weighted by atomic mass is 32.2. The van der Waals surface area contributed by atoms with Gasteiger partial charge in [-0.1, -0.05) is 11.8 Å². The van der Waals surface area contributed by atoms with E-state index < -0.39 is 69.7 Å². The molecule has 5 rings (SSSR count). The summed E-state index contributed by atoms with van der Waals surface area (Å²) in [5.41, 5.74) is -1.92. The van der Waals surface area contributed by atoms with Crippen molar-refractivity contribution in [1.29, 1.82) is 10.5 Å². The molecule has 17 nitrogen and oxygen atoms in total. The molecule has 3 N–H and O–H groups in total. The summed E-state index contributed by atoms with van der Waals surface area (Å²) in [6.07, 6.45) is 6.06. The van der Waals surface area contributed by atoms with E-state index >= 15 is 0 Å². The van der Waals surface area contributed by atoms with Crippen LogP contribution >= 0.6 is 45.8 Å². The first-order valence-electron chi connectivity index (χ1n) is 15.0. The van der Waals surface area contributed by atoms with Crippen molar-refractivity contribution in [3.63, 3.8) is 0 Å². The maximum absolute atomic E-state index is 13.9. The first-order valence-corrected chi connectivity index (χ1v) is 19.9. The molecule has 0 atom stereocenters. The number of nitriles is 2. The maximum atomic E-state index is 13.9. The van der Waals surface area contributed by atoms with Crippen LogP contribution in [0, 0.1) is 41.1 Å². The Bertz CT molecular complexity index is 2810. The van der Waals surface area contributed by atoms with Crippen LogP contribution in [0.15, 0.2) is 36.1 Å². The largest absolute Gasteiger partial charge is 0.480 e. The van der Waals surface area contributed by atoms with E-state index in [2.05, 4.69) is 0 Å². The van der Waals surface area contributed by atoms with E-state index in [4.69, 9.17) is 0 Å². The van der Waals surface area contributed by atoms with E-state index in [1.54, 1.807) is 25.1 Å². The maximum Gasteiger partial charge on any atom is 0.323 e. The third-order valence-electron chi connectivity index (χ3n) is 7.80. The number of thiazole rings is 3. The molecular formula is C30H26N6O11S5. The molecule has 1 aliphatic heterocycles. The molecule has 0 fully saturated rings. The molecule has 4 heterocycles. The van der Waals surface area contributed by atoms with Crippen molar-refractivity contribution in [2.75, 3.05) is 12.3 Å². The van der Waals surface area contributed by atoms with Gasteiger partial charge in [0.2, 0.25) is 0 Å². The lowest BCUT2D eigenvalue weighted by Crippen LogP contribution is -2.31. The Labute approximate surface area is 307 Å². The minimum atomic E-state index is -4.62. The number of carboxylic acid groups (broad SMARTS) is 2. The third-order valence-corrected chi connectivity index (χ3v) is 13.7. The lowest BCUT2D eigenvalue weighted by Gasteiger charge is -2.22. The van der Waals surface area contributed by atoms with Crippen molar-refractivity contribution in [3.8, 4) is 12.1 Å². The number of aromatic nitrogens is 3. The smallest absolute Gasteiger partial charge is 0.323 e. The monoisotopic (exact) mass is 806 g/mol. The highest BCUT2D eigenvalue weighted by molar-refractivity contribution is 8.07. The van der Waals surface area contributed by atoms with E-state index in [0.29, 0.717) is 37.8 Å². The van der Waals surface area contributed by atoms with Crippen molar-refractivity contribution in [1.82, 2.24) is 18.6 Å². The van der Waals surface area contributed by atoms with Gasteiger partial charge in [0.1, 0.15) is 54.6 Å². The highest BCUT2D eigenvalue weighted by Crippen LogP contribution is 2.47. The summed E-state index contributed by atoms with van der Waals surface area (Å²) in [6.45, 7) is -0.855. The van der Waals surface area contributed by atoms with Crippen LogP contribution in [-0.2, 0) is 44.1 Å². The van der Waals surface area contributed by atoms with Crippen LogP contribution < -0.4 is 25.9 Å². The molecule has 0 saturated carbocycles. The summed E-state index contributed by atoms with van der Waals surface area (Å²) >= 11 is 3.33. The predicted octanol–water partition coefficient (Wildman–Crippen LogP) is 0.230. The molecule has 0 radical (unpaired) electrons. The number of aldehydes is 1. The van der Waals surface area contributed by atoms with Crippen molar-refractivity contribution < 1.29 is 37.6 Å². The van der Waals surface area contributed by atoms with E-state index in [1.807, 2.05) is 4.90 Å². The Morgan fingerprint density at radius 1 is 0.885 bits per heavy atom. The quantitative estimate of drug-likeness (QED) is 0.183. The van der Waals surface area contributed by atoms with Gasteiger partial charge in [0.15, 0.2) is 5.57 Å². The molecule has 1 aliphatic carbocycles. The van der Waals surface area contributed by atoms with Crippen LogP contribution in [0.4, 0.5) is 0 Å². The zero-order chi connectivity index (χ0) is 38.1. The van der Waals surface area contributed by atoms with Crippen LogP contribution in [-0.4, -0.2) is 72.3 Å². The second-order valence-corrected chi connectivity index (χ2v) is 16.9. The predicted molar refractivity (Wildman–Crippen MR) is 190 cm³/mol. The van der Waals surface area contributed by atoms with E-state index in [1.165, 1.54) is 11.8 Å². The average Bonchev–Trinajstić information content (AvgIpc) is 3.78. The minimum absolute atomic E-state index is 0.0627. The molecule has 3 aromatic rings. The number of allylic oxidation sites excluding steroid dienone is 3. The molecule has 52 heavy (non-hydrogen) atoms. The van der Waals surface area contributed by atoms with Gasteiger partial charge in [-0.05, 0) is 44.3 Å². The number of carbonyl (C=O) groups is 3. The van der Waals surface area contributed by atoms with Crippen LogP contribution in [0.25, 0.3) is 11.1 Å². The van der Waals surface area contributed by atoms with Gasteiger partial charge in [-0.15, -0.1) is 34.0 Å². The minimum Gasteiger partial charge on any atom is -0.480 e. The molecule has 0 spiro atoms. The molecule has 2 aliphatic rings. The van der Waals surface area contributed by atoms with E-state index in [9.17, 15) is 62.5 Å². The van der Waals surface area contributed by atoms with Crippen LogP contribution in [0.1, 0.15) is 32.6 Å². The molecule has 0 bridgehead atoms. The van der Waals surface area contributed by atoms with Gasteiger partial charge in [-0.25, -0.2) is 0 Å². The highest BCUT2D eigenvalue weighted by Gasteiger charge is 2.29. The molecule has 0 amide bonds. The summed E-state index contributed by atoms with van der Waals surface area (Å²) in [7, 11) is -4.62. The first kappa shape index (κ1) is 38.4. The molecule has 0 saturated heterocycles. The van der Waals surface area contributed by atoms with Gasteiger partial charge in [0.25, 0.3) is 26.8 Å². The molecular weight excluding hydrogens is 781 g/mol. The number of carboxylic acids is 2. The molecule has 272 valence electrons. The van der Waals surface area contributed by atoms with Crippen LogP contribution in [0.3, 0.4) is 0 Å². The second-order valence-electron chi connectivity index (χ2n) is 11.2. The Balaban J connectivity index is 1.92. The molecule has 0 unspecified atom stereocenters. The number of hydrogen-bond donors (Lipinski definition) is 3. The van der Waals surface area contributed by atoms with Gasteiger partial charge in [0, 0.05) is 17.1 Å². The Hall–Kier alpha value is -4.84. The third kappa shape index (κ3) is 7.67. The van der Waals surface area contributed by atoms with Crippen molar-refractivity contribution in [2.24, 2.45) is 0 Å². The fraction of sp³-hybridized carbons (Fsp3) is 0.333. The van der Waals surface area contributed by atoms with Gasteiger partial charge < -0.3 is 19.9 Å². The van der Waals surface area contributed by atoms with Crippen molar-refractivity contribution in [3.05, 3.63) is 80.4 Å². The number of thioether (sulfide) groups is 1. The Morgan fingerprint density at radius 3 is 2.06 bits per heavy atom. The van der Waals surface area contributed by atoms with E-state index in [-0.39, 0.29) is 34.1 Å². The summed E-state index contributed by atoms with van der Waals surface area (Å²) < 4.78 is 33.2. The molecule has 3 aromatic heterocycles. The van der Waals surface area contributed by atoms with Gasteiger partial charge in [-0.3, -0.25) is 42.2 Å². The second kappa shape index (κ2) is 15.4. The van der Waals surface area contributed by atoms with E-state index in [0.717, 1.165) is 63.0 Å². The fourth-order valence-corrected chi connectivity index (χ4v) is 11.0. The summed E-state index contributed by atoms with van der Waals surface area (Å²) in [6, 6.07) is 3.19. The van der Waals surface area contributed by atoms with Crippen LogP contribution in [0.2, 0.25) is 0 Å². The Kier molecular flexibility index (Phi) is 11.4. The lowest BCUT2D eigenvalue weighted by atomic mass is 10.0. The average molecular weight is 807 g/mol. The summed E-state index contributed by atoms with van der Waals surface area (Å²) in [4.78, 5) is 79.8. The number of hydrogen-bond acceptors (Lipinski definition) is 15. The lowest BCUT2D eigenvalue weighted by molar-refractivity contribution is -0.138. The van der Waals surface area contributed by atoms with Crippen molar-refractivity contribution >= 4 is 85.3 Å². The zero-order valence-electron chi connectivity index (χ0n) is 26.9. The summed E-state index contributed by atoms with van der Waals surface area (Å²) in [5, 5.41) is 39.1. The topological polar surface area (TPSA) is 263 Å². The van der Waals surface area contributed by atoms with Crippen LogP contribution in [0.5, 0.6) is 0 Å². The SMILES string of the molecule is C/C(C=C1SC2=C(CCCC2)N1CC=O)=c1\s/c(=c2/s/c(=c3/sc(=C(C#N)C#N)n(CCS(=O)(=O)O)c3=O)n(CC(=O)O)c2=O)n(CC(=O)O)c1=O. The number of aliphatic carboxylic acids is 2. The number of nitrogens with zero attached hydrogens (tertiary/aromatic N) is 6. The molecule has 22 heteroatoms. The molecule has 0 aromatic carbocycles. The zero-order valence-corrected chi connectivity index (χ0v) is 30.9. The fourth-order valence-electron chi connectivity index (χ4n) is 5.57.